The molecular weight excluding hydrogens is 174 g/mol. The molecule has 2 N–H and O–H groups in total. The van der Waals surface area contributed by atoms with E-state index in [9.17, 15) is 4.79 Å². The molecule has 0 aromatic rings. The van der Waals surface area contributed by atoms with Crippen LogP contribution in [0.15, 0.2) is 0 Å². The number of methoxy groups -OCH3 is 1. The Balaban J connectivity index is 2.52. The molecule has 2 unspecified atom stereocenters. The molecule has 5 nitrogen and oxygen atoms in total. The highest BCUT2D eigenvalue weighted by Crippen LogP contribution is 2.19. The minimum Gasteiger partial charge on any atom is -0.465 e. The molecule has 1 aliphatic rings. The number of amides is 1. The minimum absolute atomic E-state index is 0.0615. The van der Waals surface area contributed by atoms with Gasteiger partial charge in [-0.15, -0.1) is 0 Å². The van der Waals surface area contributed by atoms with Gasteiger partial charge in [-0.2, -0.15) is 0 Å². The zero-order valence-corrected chi connectivity index (χ0v) is 7.64. The van der Waals surface area contributed by atoms with Crippen molar-refractivity contribution < 1.29 is 19.7 Å². The molecule has 0 radical (unpaired) electrons. The number of hydrogen-bond donors (Lipinski definition) is 2. The van der Waals surface area contributed by atoms with Crippen LogP contribution in [0.5, 0.6) is 0 Å². The van der Waals surface area contributed by atoms with Crippen LogP contribution in [-0.4, -0.2) is 54.1 Å². The summed E-state index contributed by atoms with van der Waals surface area (Å²) in [7, 11) is 1.54. The van der Waals surface area contributed by atoms with E-state index in [4.69, 9.17) is 14.9 Å². The predicted octanol–water partition coefficient (Wildman–Crippen LogP) is -0.00640. The van der Waals surface area contributed by atoms with Crippen molar-refractivity contribution in [3.05, 3.63) is 0 Å². The average Bonchev–Trinajstić information content (AvgIpc) is 2.16. The monoisotopic (exact) mass is 189 g/mol. The van der Waals surface area contributed by atoms with Crippen LogP contribution in [0.1, 0.15) is 6.42 Å². The fourth-order valence-electron chi connectivity index (χ4n) is 1.61. The molecule has 0 bridgehead atoms. The van der Waals surface area contributed by atoms with Gasteiger partial charge in [-0.05, 0) is 6.42 Å². The summed E-state index contributed by atoms with van der Waals surface area (Å²) in [6.07, 6.45) is -0.422. The lowest BCUT2D eigenvalue weighted by Gasteiger charge is -2.35. The second-order valence-corrected chi connectivity index (χ2v) is 3.23. The number of nitrogens with zero attached hydrogens (tertiary/aromatic N) is 1. The maximum Gasteiger partial charge on any atom is 0.407 e. The largest absolute Gasteiger partial charge is 0.465 e. The minimum atomic E-state index is -0.918. The van der Waals surface area contributed by atoms with E-state index in [1.54, 1.807) is 7.11 Å². The number of hydrogen-bond acceptors (Lipinski definition) is 3. The maximum atomic E-state index is 10.6. The van der Waals surface area contributed by atoms with E-state index in [1.165, 1.54) is 4.90 Å². The Morgan fingerprint density at radius 1 is 1.69 bits per heavy atom. The summed E-state index contributed by atoms with van der Waals surface area (Å²) >= 11 is 0. The molecule has 1 amide bonds. The van der Waals surface area contributed by atoms with E-state index in [2.05, 4.69) is 0 Å². The summed E-state index contributed by atoms with van der Waals surface area (Å²) in [5.74, 6) is 0.0700. The first-order valence-electron chi connectivity index (χ1n) is 4.30. The van der Waals surface area contributed by atoms with Crippen LogP contribution in [-0.2, 0) is 4.74 Å². The molecule has 0 spiro atoms. The molecular formula is C8H15NO4. The van der Waals surface area contributed by atoms with Crippen LogP contribution >= 0.6 is 0 Å². The molecule has 0 aromatic carbocycles. The number of ether oxygens (including phenoxy) is 1. The highest BCUT2D eigenvalue weighted by Gasteiger charge is 2.30. The quantitative estimate of drug-likeness (QED) is 0.641. The first-order valence-corrected chi connectivity index (χ1v) is 4.30. The Bertz CT molecular complexity index is 185. The summed E-state index contributed by atoms with van der Waals surface area (Å²) in [4.78, 5) is 11.9. The van der Waals surface area contributed by atoms with Gasteiger partial charge in [0.1, 0.15) is 0 Å². The van der Waals surface area contributed by atoms with E-state index in [0.717, 1.165) is 0 Å². The zero-order chi connectivity index (χ0) is 9.84. The van der Waals surface area contributed by atoms with Gasteiger partial charge in [-0.1, -0.05) is 0 Å². The summed E-state index contributed by atoms with van der Waals surface area (Å²) < 4.78 is 5.11. The summed E-state index contributed by atoms with van der Waals surface area (Å²) in [5.41, 5.74) is 0. The Labute approximate surface area is 76.9 Å². The van der Waals surface area contributed by atoms with Crippen LogP contribution in [0.3, 0.4) is 0 Å². The number of aliphatic hydroxyl groups is 1. The summed E-state index contributed by atoms with van der Waals surface area (Å²) in [5, 5.41) is 17.7. The fourth-order valence-corrected chi connectivity index (χ4v) is 1.61. The first kappa shape index (κ1) is 10.3. The summed E-state index contributed by atoms with van der Waals surface area (Å²) in [6, 6.07) is 0. The Morgan fingerprint density at radius 2 is 2.38 bits per heavy atom. The van der Waals surface area contributed by atoms with E-state index < -0.39 is 6.09 Å². The second-order valence-electron chi connectivity index (χ2n) is 3.23. The van der Waals surface area contributed by atoms with Gasteiger partial charge < -0.3 is 19.8 Å². The highest BCUT2D eigenvalue weighted by molar-refractivity contribution is 5.65. The number of carbonyl (C=O) groups is 1. The molecule has 1 saturated heterocycles. The van der Waals surface area contributed by atoms with Crippen molar-refractivity contribution in [1.82, 2.24) is 4.90 Å². The number of likely N-dealkylation sites (tertiary alicyclic amines) is 1. The highest BCUT2D eigenvalue weighted by atomic mass is 16.5. The molecule has 76 valence electrons. The number of aliphatic hydroxyl groups excluding tert-OH is 1. The van der Waals surface area contributed by atoms with E-state index >= 15 is 0 Å². The number of rotatable bonds is 2. The van der Waals surface area contributed by atoms with Crippen molar-refractivity contribution in [2.45, 2.75) is 12.5 Å². The van der Waals surface area contributed by atoms with Gasteiger partial charge in [0.2, 0.25) is 0 Å². The third-order valence-corrected chi connectivity index (χ3v) is 2.50. The molecule has 1 rings (SSSR count). The normalized spacial score (nSPS) is 28.9. The van der Waals surface area contributed by atoms with Gasteiger partial charge in [0.25, 0.3) is 0 Å². The van der Waals surface area contributed by atoms with Crippen molar-refractivity contribution in [3.8, 4) is 0 Å². The predicted molar refractivity (Wildman–Crippen MR) is 45.6 cm³/mol. The number of carboxylic acid groups (broad SMARTS) is 1. The van der Waals surface area contributed by atoms with Crippen molar-refractivity contribution in [1.29, 1.82) is 0 Å². The van der Waals surface area contributed by atoms with Crippen LogP contribution < -0.4 is 0 Å². The Kier molecular flexibility index (Phi) is 3.50. The Hall–Kier alpha value is -0.810. The molecule has 5 heteroatoms. The molecule has 0 saturated carbocycles. The van der Waals surface area contributed by atoms with Crippen LogP contribution in [0.25, 0.3) is 0 Å². The van der Waals surface area contributed by atoms with Crippen LogP contribution in [0.4, 0.5) is 4.79 Å². The third kappa shape index (κ3) is 2.32. The van der Waals surface area contributed by atoms with E-state index in [0.29, 0.717) is 19.5 Å². The summed E-state index contributed by atoms with van der Waals surface area (Å²) in [6.45, 7) is 0.906. The molecule has 1 heterocycles. The molecule has 1 fully saturated rings. The van der Waals surface area contributed by atoms with Gasteiger partial charge >= 0.3 is 6.09 Å². The molecule has 0 aromatic heterocycles. The van der Waals surface area contributed by atoms with E-state index in [1.807, 2.05) is 0 Å². The molecule has 2 atom stereocenters. The van der Waals surface area contributed by atoms with Gasteiger partial charge in [0.15, 0.2) is 0 Å². The fraction of sp³-hybridized carbons (Fsp3) is 0.875. The second kappa shape index (κ2) is 4.43. The zero-order valence-electron chi connectivity index (χ0n) is 7.64. The van der Waals surface area contributed by atoms with Crippen molar-refractivity contribution in [2.75, 3.05) is 26.8 Å². The lowest BCUT2D eigenvalue weighted by Crippen LogP contribution is -2.47. The van der Waals surface area contributed by atoms with Gasteiger partial charge in [0, 0.05) is 26.2 Å². The van der Waals surface area contributed by atoms with Crippen molar-refractivity contribution in [3.63, 3.8) is 0 Å². The molecule has 0 aliphatic carbocycles. The van der Waals surface area contributed by atoms with E-state index in [-0.39, 0.29) is 18.6 Å². The average molecular weight is 189 g/mol. The smallest absolute Gasteiger partial charge is 0.407 e. The van der Waals surface area contributed by atoms with Crippen molar-refractivity contribution >= 4 is 6.09 Å². The topological polar surface area (TPSA) is 70.0 Å². The SMILES string of the molecule is COC1CN(C(=O)O)CCC1CO. The number of piperidine rings is 1. The molecule has 1 aliphatic heterocycles. The standard InChI is InChI=1S/C8H15NO4/c1-13-7-4-9(8(11)12)3-2-6(7)5-10/h6-7,10H,2-5H2,1H3,(H,11,12). The van der Waals surface area contributed by atoms with Gasteiger partial charge in [-0.3, -0.25) is 0 Å². The molecule has 13 heavy (non-hydrogen) atoms. The maximum absolute atomic E-state index is 10.6. The van der Waals surface area contributed by atoms with Gasteiger partial charge in [0.05, 0.1) is 12.6 Å². The third-order valence-electron chi connectivity index (χ3n) is 2.50. The van der Waals surface area contributed by atoms with Gasteiger partial charge in [-0.25, -0.2) is 4.79 Å². The Morgan fingerprint density at radius 3 is 2.85 bits per heavy atom. The van der Waals surface area contributed by atoms with Crippen LogP contribution in [0, 0.1) is 5.92 Å². The van der Waals surface area contributed by atoms with Crippen LogP contribution in [0.2, 0.25) is 0 Å². The lowest BCUT2D eigenvalue weighted by molar-refractivity contribution is -0.0246. The lowest BCUT2D eigenvalue weighted by atomic mass is 9.95. The van der Waals surface area contributed by atoms with Crippen molar-refractivity contribution in [2.24, 2.45) is 5.92 Å². The first-order chi connectivity index (χ1) is 6.19.